The molecule has 0 spiro atoms. The van der Waals surface area contributed by atoms with Crippen LogP contribution in [0.4, 0.5) is 4.79 Å². The Morgan fingerprint density at radius 3 is 2.64 bits per heavy atom. The third-order valence-electron chi connectivity index (χ3n) is 0.931. The Balaban J connectivity index is 4.00. The van der Waals surface area contributed by atoms with Crippen molar-refractivity contribution in [2.45, 2.75) is 12.3 Å². The SMILES string of the molecule is COC(=O)NC(=NN)C(C)Cl. The first kappa shape index (κ1) is 10.0. The van der Waals surface area contributed by atoms with Crippen LogP contribution < -0.4 is 11.2 Å². The maximum Gasteiger partial charge on any atom is 0.412 e. The summed E-state index contributed by atoms with van der Waals surface area (Å²) in [5.74, 6) is 5.09. The summed E-state index contributed by atoms with van der Waals surface area (Å²) in [6.45, 7) is 1.63. The number of amidine groups is 1. The molecule has 0 aliphatic rings. The first-order valence-electron chi connectivity index (χ1n) is 2.88. The van der Waals surface area contributed by atoms with Gasteiger partial charge < -0.3 is 10.6 Å². The average molecular weight is 180 g/mol. The molecular weight excluding hydrogens is 170 g/mol. The Morgan fingerprint density at radius 1 is 1.82 bits per heavy atom. The van der Waals surface area contributed by atoms with Crippen molar-refractivity contribution in [2.24, 2.45) is 10.9 Å². The van der Waals surface area contributed by atoms with Crippen LogP contribution in [0.3, 0.4) is 0 Å². The standard InChI is InChI=1S/C5H10ClN3O2/c1-3(6)4(9-7)8-5(10)11-2/h3H,7H2,1-2H3,(H,8,9,10). The summed E-state index contributed by atoms with van der Waals surface area (Å²) < 4.78 is 4.29. The van der Waals surface area contributed by atoms with Gasteiger partial charge in [0.15, 0.2) is 0 Å². The van der Waals surface area contributed by atoms with Gasteiger partial charge in [-0.3, -0.25) is 5.32 Å². The van der Waals surface area contributed by atoms with Gasteiger partial charge in [0.25, 0.3) is 0 Å². The summed E-state index contributed by atoms with van der Waals surface area (Å²) in [4.78, 5) is 10.6. The number of alkyl carbamates (subject to hydrolysis) is 1. The number of nitrogens with two attached hydrogens (primary N) is 1. The van der Waals surface area contributed by atoms with Crippen LogP contribution in [0, 0.1) is 0 Å². The van der Waals surface area contributed by atoms with Crippen LogP contribution in [0.2, 0.25) is 0 Å². The highest BCUT2D eigenvalue weighted by molar-refractivity contribution is 6.32. The lowest BCUT2D eigenvalue weighted by molar-refractivity contribution is 0.176. The van der Waals surface area contributed by atoms with Gasteiger partial charge >= 0.3 is 6.09 Å². The van der Waals surface area contributed by atoms with E-state index >= 15 is 0 Å². The van der Waals surface area contributed by atoms with Crippen molar-refractivity contribution >= 4 is 23.5 Å². The minimum absolute atomic E-state index is 0.179. The highest BCUT2D eigenvalue weighted by atomic mass is 35.5. The Kier molecular flexibility index (Phi) is 4.36. The zero-order chi connectivity index (χ0) is 8.85. The first-order valence-corrected chi connectivity index (χ1v) is 3.32. The number of methoxy groups -OCH3 is 1. The summed E-state index contributed by atoms with van der Waals surface area (Å²) in [6, 6.07) is 0. The minimum Gasteiger partial charge on any atom is -0.453 e. The Morgan fingerprint density at radius 2 is 2.36 bits per heavy atom. The molecule has 0 radical (unpaired) electrons. The molecule has 0 heterocycles. The van der Waals surface area contributed by atoms with E-state index in [0.717, 1.165) is 0 Å². The fourth-order valence-corrected chi connectivity index (χ4v) is 0.501. The van der Waals surface area contributed by atoms with Gasteiger partial charge in [-0.1, -0.05) is 0 Å². The molecule has 6 heteroatoms. The second-order valence-electron chi connectivity index (χ2n) is 1.75. The number of nitrogens with one attached hydrogen (secondary N) is 1. The van der Waals surface area contributed by atoms with Gasteiger partial charge in [-0.15, -0.1) is 11.6 Å². The first-order chi connectivity index (χ1) is 5.11. The molecule has 64 valence electrons. The summed E-state index contributed by atoms with van der Waals surface area (Å²) in [6.07, 6.45) is -0.637. The van der Waals surface area contributed by atoms with Crippen molar-refractivity contribution in [3.05, 3.63) is 0 Å². The van der Waals surface area contributed by atoms with Crippen molar-refractivity contribution in [1.82, 2.24) is 5.32 Å². The zero-order valence-electron chi connectivity index (χ0n) is 6.30. The molecule has 0 aliphatic heterocycles. The molecule has 0 aromatic heterocycles. The Hall–Kier alpha value is -0.970. The molecule has 0 bridgehead atoms. The number of carbonyl (C=O) groups is 1. The molecule has 5 nitrogen and oxygen atoms in total. The number of hydrogen-bond acceptors (Lipinski definition) is 4. The van der Waals surface area contributed by atoms with E-state index in [4.69, 9.17) is 17.4 Å². The maximum atomic E-state index is 10.6. The van der Waals surface area contributed by atoms with E-state index in [9.17, 15) is 4.79 Å². The molecule has 11 heavy (non-hydrogen) atoms. The topological polar surface area (TPSA) is 76.7 Å². The fourth-order valence-electron chi connectivity index (χ4n) is 0.390. The van der Waals surface area contributed by atoms with E-state index in [1.165, 1.54) is 7.11 Å². The van der Waals surface area contributed by atoms with E-state index < -0.39 is 11.5 Å². The van der Waals surface area contributed by atoms with Gasteiger partial charge in [-0.25, -0.2) is 4.79 Å². The number of alkyl halides is 1. The molecule has 1 atom stereocenters. The molecule has 1 unspecified atom stereocenters. The number of halogens is 1. The minimum atomic E-state index is -0.637. The highest BCUT2D eigenvalue weighted by Crippen LogP contribution is 1.93. The number of hydrogen-bond donors (Lipinski definition) is 2. The lowest BCUT2D eigenvalue weighted by Gasteiger charge is -2.06. The second-order valence-corrected chi connectivity index (χ2v) is 2.40. The predicted molar refractivity (Wildman–Crippen MR) is 42.5 cm³/mol. The molecule has 0 saturated heterocycles. The van der Waals surface area contributed by atoms with Gasteiger partial charge in [0, 0.05) is 0 Å². The lowest BCUT2D eigenvalue weighted by atomic mass is 10.4. The third kappa shape index (κ3) is 3.67. The van der Waals surface area contributed by atoms with Gasteiger partial charge in [0.1, 0.15) is 5.84 Å². The molecule has 0 saturated carbocycles. The highest BCUT2D eigenvalue weighted by Gasteiger charge is 2.10. The van der Waals surface area contributed by atoms with Crippen molar-refractivity contribution in [1.29, 1.82) is 0 Å². The lowest BCUT2D eigenvalue weighted by Crippen LogP contribution is -2.36. The summed E-state index contributed by atoms with van der Waals surface area (Å²) in [7, 11) is 1.24. The van der Waals surface area contributed by atoms with Crippen LogP contribution in [0.25, 0.3) is 0 Å². The summed E-state index contributed by atoms with van der Waals surface area (Å²) in [5.41, 5.74) is 0. The molecule has 0 rings (SSSR count). The van der Waals surface area contributed by atoms with Crippen LogP contribution >= 0.6 is 11.6 Å². The number of rotatable bonds is 1. The summed E-state index contributed by atoms with van der Waals surface area (Å²) >= 11 is 5.56. The van der Waals surface area contributed by atoms with Crippen molar-refractivity contribution in [3.8, 4) is 0 Å². The van der Waals surface area contributed by atoms with E-state index in [-0.39, 0.29) is 5.84 Å². The van der Waals surface area contributed by atoms with Crippen LogP contribution in [0.15, 0.2) is 5.10 Å². The maximum absolute atomic E-state index is 10.6. The molecule has 0 aromatic rings. The smallest absolute Gasteiger partial charge is 0.412 e. The van der Waals surface area contributed by atoms with E-state index in [1.807, 2.05) is 0 Å². The number of ether oxygens (including phenoxy) is 1. The monoisotopic (exact) mass is 179 g/mol. The van der Waals surface area contributed by atoms with Crippen molar-refractivity contribution in [3.63, 3.8) is 0 Å². The number of carbonyl (C=O) groups excluding carboxylic acids is 1. The van der Waals surface area contributed by atoms with Gasteiger partial charge in [0.05, 0.1) is 12.5 Å². The predicted octanol–water partition coefficient (Wildman–Crippen LogP) is 0.242. The second kappa shape index (κ2) is 4.79. The number of nitrogens with zero attached hydrogens (tertiary/aromatic N) is 1. The van der Waals surface area contributed by atoms with Crippen molar-refractivity contribution in [2.75, 3.05) is 7.11 Å². The third-order valence-corrected chi connectivity index (χ3v) is 1.14. The molecule has 1 amide bonds. The van der Waals surface area contributed by atoms with Gasteiger partial charge in [0.2, 0.25) is 0 Å². The molecule has 3 N–H and O–H groups in total. The Bertz CT molecular complexity index is 169. The van der Waals surface area contributed by atoms with Crippen LogP contribution in [0.1, 0.15) is 6.92 Å². The normalized spacial score (nSPS) is 13.9. The molecule has 0 aliphatic carbocycles. The summed E-state index contributed by atoms with van der Waals surface area (Å²) in [5, 5.41) is 5.05. The zero-order valence-corrected chi connectivity index (χ0v) is 7.05. The van der Waals surface area contributed by atoms with E-state index in [2.05, 4.69) is 15.2 Å². The van der Waals surface area contributed by atoms with E-state index in [0.29, 0.717) is 0 Å². The quantitative estimate of drug-likeness (QED) is 0.199. The van der Waals surface area contributed by atoms with Crippen LogP contribution in [-0.4, -0.2) is 24.4 Å². The molecular formula is C5H10ClN3O2. The van der Waals surface area contributed by atoms with Crippen molar-refractivity contribution < 1.29 is 9.53 Å². The largest absolute Gasteiger partial charge is 0.453 e. The molecule has 0 aromatic carbocycles. The van der Waals surface area contributed by atoms with Gasteiger partial charge in [-0.2, -0.15) is 5.10 Å². The van der Waals surface area contributed by atoms with Crippen LogP contribution in [0.5, 0.6) is 0 Å². The molecule has 0 fully saturated rings. The fraction of sp³-hybridized carbons (Fsp3) is 0.600. The average Bonchev–Trinajstić information content (AvgIpc) is 1.99. The number of amides is 1. The Labute approximate surface area is 69.5 Å². The number of hydrazone groups is 1. The van der Waals surface area contributed by atoms with E-state index in [1.54, 1.807) is 6.92 Å². The van der Waals surface area contributed by atoms with Gasteiger partial charge in [-0.05, 0) is 6.92 Å². The van der Waals surface area contributed by atoms with Crippen LogP contribution in [-0.2, 0) is 4.74 Å².